The number of thiocarbonyl (C=S) groups is 1. The average Bonchev–Trinajstić information content (AvgIpc) is 2.58. The molecule has 1 heterocycles. The molecule has 5 nitrogen and oxygen atoms in total. The molecular formula is C18H12N3O2S. The number of ether oxygens (including phenoxy) is 1. The van der Waals surface area contributed by atoms with Crippen molar-refractivity contribution in [2.24, 2.45) is 0 Å². The summed E-state index contributed by atoms with van der Waals surface area (Å²) in [4.78, 5) is 11.8. The molecule has 1 aliphatic rings. The zero-order valence-corrected chi connectivity index (χ0v) is 13.3. The molecule has 0 fully saturated rings. The molecule has 0 unspecified atom stereocenters. The van der Waals surface area contributed by atoms with Crippen LogP contribution >= 0.6 is 12.2 Å². The molecule has 0 aliphatic carbocycles. The van der Waals surface area contributed by atoms with Crippen molar-refractivity contribution >= 4 is 23.2 Å². The van der Waals surface area contributed by atoms with Crippen LogP contribution in [0.2, 0.25) is 0 Å². The lowest BCUT2D eigenvalue weighted by atomic mass is 10.0. The predicted molar refractivity (Wildman–Crippen MR) is 92.3 cm³/mol. The molecule has 0 saturated heterocycles. The van der Waals surface area contributed by atoms with Crippen LogP contribution in [0.4, 0.5) is 0 Å². The summed E-state index contributed by atoms with van der Waals surface area (Å²) in [6.45, 7) is 0. The fourth-order valence-corrected chi connectivity index (χ4v) is 2.38. The van der Waals surface area contributed by atoms with Crippen molar-refractivity contribution in [2.75, 3.05) is 0 Å². The van der Waals surface area contributed by atoms with Crippen molar-refractivity contribution in [1.29, 1.82) is 5.26 Å². The van der Waals surface area contributed by atoms with Crippen LogP contribution in [-0.2, 0) is 11.2 Å². The summed E-state index contributed by atoms with van der Waals surface area (Å²) in [5, 5.41) is 15.6. The Balaban J connectivity index is 1.76. The SMILES string of the molecule is N#Cc1cccc(Oc2cccc(CC3=CNC(=S)[N]C3=O)c2)c1. The van der Waals surface area contributed by atoms with E-state index < -0.39 is 0 Å². The Kier molecular flexibility index (Phi) is 4.54. The Morgan fingerprint density at radius 1 is 1.17 bits per heavy atom. The molecule has 2 aromatic rings. The molecule has 0 saturated carbocycles. The Labute approximate surface area is 144 Å². The maximum Gasteiger partial charge on any atom is 0.277 e. The maximum absolute atomic E-state index is 11.8. The lowest BCUT2D eigenvalue weighted by molar-refractivity contribution is -0.116. The highest BCUT2D eigenvalue weighted by Crippen LogP contribution is 2.24. The number of rotatable bonds is 4. The molecule has 0 bridgehead atoms. The summed E-state index contributed by atoms with van der Waals surface area (Å²) >= 11 is 4.83. The van der Waals surface area contributed by atoms with Gasteiger partial charge < -0.3 is 10.1 Å². The van der Waals surface area contributed by atoms with Crippen LogP contribution in [0.5, 0.6) is 11.5 Å². The van der Waals surface area contributed by atoms with Crippen LogP contribution in [0.25, 0.3) is 0 Å². The molecule has 1 radical (unpaired) electrons. The molecule has 1 amide bonds. The Hall–Kier alpha value is -3.17. The summed E-state index contributed by atoms with van der Waals surface area (Å²) in [7, 11) is 0. The largest absolute Gasteiger partial charge is 0.457 e. The molecular weight excluding hydrogens is 322 g/mol. The Morgan fingerprint density at radius 3 is 2.67 bits per heavy atom. The summed E-state index contributed by atoms with van der Waals surface area (Å²) in [5.41, 5.74) is 1.98. The van der Waals surface area contributed by atoms with Crippen molar-refractivity contribution in [1.82, 2.24) is 10.6 Å². The molecule has 2 aromatic carbocycles. The third kappa shape index (κ3) is 3.77. The van der Waals surface area contributed by atoms with Crippen molar-refractivity contribution < 1.29 is 9.53 Å². The van der Waals surface area contributed by atoms with E-state index in [0.717, 1.165) is 5.56 Å². The van der Waals surface area contributed by atoms with Gasteiger partial charge in [0, 0.05) is 18.2 Å². The number of nitrogens with one attached hydrogen (secondary N) is 1. The monoisotopic (exact) mass is 334 g/mol. The Morgan fingerprint density at radius 2 is 1.92 bits per heavy atom. The van der Waals surface area contributed by atoms with E-state index in [2.05, 4.69) is 16.7 Å². The highest BCUT2D eigenvalue weighted by molar-refractivity contribution is 7.80. The van der Waals surface area contributed by atoms with Gasteiger partial charge >= 0.3 is 0 Å². The average molecular weight is 334 g/mol. The molecule has 117 valence electrons. The molecule has 1 N–H and O–H groups in total. The summed E-state index contributed by atoms with van der Waals surface area (Å²) in [6.07, 6.45) is 2.01. The third-order valence-electron chi connectivity index (χ3n) is 3.34. The number of carbonyl (C=O) groups excluding carboxylic acids is 1. The maximum atomic E-state index is 11.8. The van der Waals surface area contributed by atoms with Gasteiger partial charge in [-0.1, -0.05) is 18.2 Å². The van der Waals surface area contributed by atoms with Crippen LogP contribution in [0, 0.1) is 11.3 Å². The van der Waals surface area contributed by atoms with Gasteiger partial charge in [0.15, 0.2) is 5.11 Å². The van der Waals surface area contributed by atoms with Crippen LogP contribution in [0.1, 0.15) is 11.1 Å². The van der Waals surface area contributed by atoms with E-state index >= 15 is 0 Å². The lowest BCUT2D eigenvalue weighted by Gasteiger charge is -2.14. The molecule has 24 heavy (non-hydrogen) atoms. The van der Waals surface area contributed by atoms with Gasteiger partial charge in [0.25, 0.3) is 5.91 Å². The van der Waals surface area contributed by atoms with Crippen LogP contribution in [0.3, 0.4) is 0 Å². The second-order valence-electron chi connectivity index (χ2n) is 5.10. The fraction of sp³-hybridized carbons (Fsp3) is 0.0556. The third-order valence-corrected chi connectivity index (χ3v) is 3.55. The minimum absolute atomic E-state index is 0.179. The van der Waals surface area contributed by atoms with Crippen molar-refractivity contribution in [3.05, 3.63) is 71.4 Å². The van der Waals surface area contributed by atoms with E-state index in [1.807, 2.05) is 24.3 Å². The number of hydrogen-bond acceptors (Lipinski definition) is 4. The molecule has 0 aromatic heterocycles. The van der Waals surface area contributed by atoms with Crippen LogP contribution < -0.4 is 15.4 Å². The van der Waals surface area contributed by atoms with E-state index in [1.165, 1.54) is 0 Å². The number of amides is 1. The van der Waals surface area contributed by atoms with E-state index in [4.69, 9.17) is 22.2 Å². The summed E-state index contributed by atoms with van der Waals surface area (Å²) < 4.78 is 5.78. The van der Waals surface area contributed by atoms with Crippen molar-refractivity contribution in [3.8, 4) is 17.6 Å². The highest BCUT2D eigenvalue weighted by atomic mass is 32.1. The number of hydrogen-bond donors (Lipinski definition) is 1. The quantitative estimate of drug-likeness (QED) is 0.870. The Bertz CT molecular complexity index is 884. The highest BCUT2D eigenvalue weighted by Gasteiger charge is 2.18. The number of carbonyl (C=O) groups is 1. The van der Waals surface area contributed by atoms with Gasteiger partial charge in [0.2, 0.25) is 0 Å². The van der Waals surface area contributed by atoms with Gasteiger partial charge in [-0.25, -0.2) is 0 Å². The second kappa shape index (κ2) is 6.94. The van der Waals surface area contributed by atoms with E-state index in [-0.39, 0.29) is 11.0 Å². The first-order valence-electron chi connectivity index (χ1n) is 7.16. The summed E-state index contributed by atoms with van der Waals surface area (Å²) in [5.74, 6) is 0.889. The van der Waals surface area contributed by atoms with Crippen molar-refractivity contribution in [3.63, 3.8) is 0 Å². The predicted octanol–water partition coefficient (Wildman–Crippen LogP) is 2.80. The molecule has 3 rings (SSSR count). The minimum Gasteiger partial charge on any atom is -0.457 e. The standard InChI is InChI=1S/C18H12N3O2S/c19-10-13-4-2-6-16(9-13)23-15-5-1-3-12(8-15)7-14-11-20-18(24)21-17(14)22/h1-6,8-9,11H,7H2,(H,20,24). The van der Waals surface area contributed by atoms with Gasteiger partial charge in [-0.15, -0.1) is 0 Å². The van der Waals surface area contributed by atoms with Crippen LogP contribution in [0.15, 0.2) is 60.3 Å². The molecule has 6 heteroatoms. The van der Waals surface area contributed by atoms with E-state index in [0.29, 0.717) is 29.1 Å². The molecule has 0 spiro atoms. The normalized spacial score (nSPS) is 13.4. The first kappa shape index (κ1) is 15.7. The van der Waals surface area contributed by atoms with E-state index in [9.17, 15) is 4.79 Å². The van der Waals surface area contributed by atoms with Gasteiger partial charge in [-0.2, -0.15) is 10.6 Å². The molecule has 1 aliphatic heterocycles. The zero-order chi connectivity index (χ0) is 16.9. The second-order valence-corrected chi connectivity index (χ2v) is 5.49. The zero-order valence-electron chi connectivity index (χ0n) is 12.5. The smallest absolute Gasteiger partial charge is 0.277 e. The molecule has 0 atom stereocenters. The van der Waals surface area contributed by atoms with Gasteiger partial charge in [-0.3, -0.25) is 4.79 Å². The van der Waals surface area contributed by atoms with Gasteiger partial charge in [-0.05, 0) is 48.1 Å². The fourth-order valence-electron chi connectivity index (χ4n) is 2.24. The summed E-state index contributed by atoms with van der Waals surface area (Å²) in [6, 6.07) is 16.4. The van der Waals surface area contributed by atoms with Crippen molar-refractivity contribution in [2.45, 2.75) is 6.42 Å². The van der Waals surface area contributed by atoms with Gasteiger partial charge in [0.05, 0.1) is 11.6 Å². The number of nitriles is 1. The first-order chi connectivity index (χ1) is 11.6. The first-order valence-corrected chi connectivity index (χ1v) is 7.57. The lowest BCUT2D eigenvalue weighted by Crippen LogP contribution is -2.37. The number of benzene rings is 2. The topological polar surface area (TPSA) is 76.2 Å². The number of nitrogens with zero attached hydrogens (tertiary/aromatic N) is 2. The van der Waals surface area contributed by atoms with E-state index in [1.54, 1.807) is 30.5 Å². The van der Waals surface area contributed by atoms with Crippen LogP contribution in [-0.4, -0.2) is 11.0 Å². The van der Waals surface area contributed by atoms with Gasteiger partial charge in [0.1, 0.15) is 11.5 Å². The minimum atomic E-state index is -0.327.